The third kappa shape index (κ3) is 2.33. The minimum atomic E-state index is 0.199. The highest BCUT2D eigenvalue weighted by Gasteiger charge is 2.21. The van der Waals surface area contributed by atoms with E-state index in [9.17, 15) is 0 Å². The molecule has 102 valence electrons. The molecule has 0 spiro atoms. The van der Waals surface area contributed by atoms with Crippen molar-refractivity contribution < 1.29 is 4.42 Å². The van der Waals surface area contributed by atoms with E-state index in [2.05, 4.69) is 25.1 Å². The van der Waals surface area contributed by atoms with Gasteiger partial charge in [0.15, 0.2) is 17.5 Å². The van der Waals surface area contributed by atoms with Gasteiger partial charge in [-0.1, -0.05) is 0 Å². The number of H-pyrrole nitrogens is 1. The van der Waals surface area contributed by atoms with Crippen molar-refractivity contribution in [2.24, 2.45) is 5.73 Å². The Labute approximate surface area is 111 Å². The Bertz CT molecular complexity index is 575. The number of rotatable bonds is 2. The number of anilines is 1. The number of nitrogens with one attached hydrogen (secondary N) is 1. The fourth-order valence-electron chi connectivity index (χ4n) is 2.44. The number of hydrogen-bond acceptors (Lipinski definition) is 6. The van der Waals surface area contributed by atoms with Crippen LogP contribution in [0, 0.1) is 13.8 Å². The maximum Gasteiger partial charge on any atom is 0.245 e. The fraction of sp³-hybridized carbons (Fsp3) is 0.583. The van der Waals surface area contributed by atoms with E-state index in [-0.39, 0.29) is 6.04 Å². The molecule has 0 amide bonds. The number of piperidine rings is 1. The van der Waals surface area contributed by atoms with E-state index in [0.717, 1.165) is 31.6 Å². The first kappa shape index (κ1) is 12.2. The largest absolute Gasteiger partial charge is 0.437 e. The van der Waals surface area contributed by atoms with Crippen LogP contribution in [-0.4, -0.2) is 39.3 Å². The molecule has 1 fully saturated rings. The predicted octanol–water partition coefficient (Wildman–Crippen LogP) is 1.00. The molecule has 7 heteroatoms. The standard InChI is InChI=1S/C12H18N6O/c1-7-10(19-8(2)14-7)11-15-12(17-16-11)18-5-3-4-9(13)6-18/h9H,3-6,13H2,1-2H3,(H,15,16,17). The van der Waals surface area contributed by atoms with Crippen LogP contribution in [-0.2, 0) is 0 Å². The Balaban J connectivity index is 1.85. The molecule has 0 bridgehead atoms. The van der Waals surface area contributed by atoms with Crippen molar-refractivity contribution in [1.29, 1.82) is 0 Å². The number of oxazole rings is 1. The van der Waals surface area contributed by atoms with Crippen molar-refractivity contribution in [3.05, 3.63) is 11.6 Å². The SMILES string of the molecule is Cc1nc(C)c(-c2nc(N3CCCC(N)C3)n[nH]2)o1. The molecule has 1 aliphatic heterocycles. The molecule has 1 unspecified atom stereocenters. The van der Waals surface area contributed by atoms with Gasteiger partial charge in [0.25, 0.3) is 0 Å². The normalized spacial score (nSPS) is 19.9. The van der Waals surface area contributed by atoms with Crippen LogP contribution in [0.1, 0.15) is 24.4 Å². The van der Waals surface area contributed by atoms with E-state index < -0.39 is 0 Å². The highest BCUT2D eigenvalue weighted by Crippen LogP contribution is 2.23. The van der Waals surface area contributed by atoms with E-state index >= 15 is 0 Å². The Hall–Kier alpha value is -1.89. The van der Waals surface area contributed by atoms with Gasteiger partial charge in [-0.25, -0.2) is 4.98 Å². The van der Waals surface area contributed by atoms with Crippen LogP contribution >= 0.6 is 0 Å². The zero-order chi connectivity index (χ0) is 13.4. The molecule has 2 aromatic rings. The zero-order valence-corrected chi connectivity index (χ0v) is 11.2. The summed E-state index contributed by atoms with van der Waals surface area (Å²) >= 11 is 0. The van der Waals surface area contributed by atoms with E-state index in [1.807, 2.05) is 13.8 Å². The second-order valence-electron chi connectivity index (χ2n) is 4.98. The minimum Gasteiger partial charge on any atom is -0.437 e. The molecule has 0 aliphatic carbocycles. The van der Waals surface area contributed by atoms with Crippen LogP contribution in [0.4, 0.5) is 5.95 Å². The van der Waals surface area contributed by atoms with Crippen LogP contribution < -0.4 is 10.6 Å². The third-order valence-electron chi connectivity index (χ3n) is 3.33. The first-order valence-electron chi connectivity index (χ1n) is 6.51. The lowest BCUT2D eigenvalue weighted by molar-refractivity contribution is 0.500. The second kappa shape index (κ2) is 4.65. The second-order valence-corrected chi connectivity index (χ2v) is 4.98. The molecule has 2 aromatic heterocycles. The summed E-state index contributed by atoms with van der Waals surface area (Å²) < 4.78 is 5.53. The van der Waals surface area contributed by atoms with Crippen molar-refractivity contribution in [1.82, 2.24) is 20.2 Å². The highest BCUT2D eigenvalue weighted by atomic mass is 16.4. The molecule has 3 heterocycles. The summed E-state index contributed by atoms with van der Waals surface area (Å²) in [6, 6.07) is 0.199. The molecule has 1 saturated heterocycles. The van der Waals surface area contributed by atoms with Crippen LogP contribution in [0.5, 0.6) is 0 Å². The average molecular weight is 262 g/mol. The number of nitrogens with two attached hydrogens (primary N) is 1. The topological polar surface area (TPSA) is 96.9 Å². The van der Waals surface area contributed by atoms with Crippen molar-refractivity contribution in [3.63, 3.8) is 0 Å². The molecular formula is C12H18N6O. The summed E-state index contributed by atoms with van der Waals surface area (Å²) in [5.74, 6) is 2.58. The average Bonchev–Trinajstić information content (AvgIpc) is 2.96. The summed E-state index contributed by atoms with van der Waals surface area (Å²) in [5, 5.41) is 7.16. The fourth-order valence-corrected chi connectivity index (χ4v) is 2.44. The monoisotopic (exact) mass is 262 g/mol. The van der Waals surface area contributed by atoms with Gasteiger partial charge in [-0.05, 0) is 19.8 Å². The van der Waals surface area contributed by atoms with Crippen LogP contribution in [0.15, 0.2) is 4.42 Å². The summed E-state index contributed by atoms with van der Waals surface area (Å²) in [6.45, 7) is 5.45. The van der Waals surface area contributed by atoms with Gasteiger partial charge in [-0.3, -0.25) is 5.10 Å². The van der Waals surface area contributed by atoms with Crippen LogP contribution in [0.3, 0.4) is 0 Å². The maximum absolute atomic E-state index is 5.97. The Morgan fingerprint density at radius 3 is 2.89 bits per heavy atom. The van der Waals surface area contributed by atoms with Crippen molar-refractivity contribution in [2.75, 3.05) is 18.0 Å². The summed E-state index contributed by atoms with van der Waals surface area (Å²) in [4.78, 5) is 10.8. The number of aromatic amines is 1. The molecule has 7 nitrogen and oxygen atoms in total. The first-order valence-corrected chi connectivity index (χ1v) is 6.51. The van der Waals surface area contributed by atoms with E-state index in [1.165, 1.54) is 0 Å². The van der Waals surface area contributed by atoms with Gasteiger partial charge >= 0.3 is 0 Å². The number of aromatic nitrogens is 4. The Morgan fingerprint density at radius 1 is 1.37 bits per heavy atom. The molecule has 0 radical (unpaired) electrons. The van der Waals surface area contributed by atoms with Gasteiger partial charge in [0.2, 0.25) is 5.95 Å². The molecule has 0 aromatic carbocycles. The number of aryl methyl sites for hydroxylation is 2. The summed E-state index contributed by atoms with van der Waals surface area (Å²) in [5.41, 5.74) is 6.79. The molecule has 1 atom stereocenters. The highest BCUT2D eigenvalue weighted by molar-refractivity contribution is 5.52. The molecule has 1 aliphatic rings. The van der Waals surface area contributed by atoms with E-state index in [4.69, 9.17) is 10.2 Å². The predicted molar refractivity (Wildman–Crippen MR) is 70.8 cm³/mol. The zero-order valence-electron chi connectivity index (χ0n) is 11.2. The molecule has 19 heavy (non-hydrogen) atoms. The minimum absolute atomic E-state index is 0.199. The summed E-state index contributed by atoms with van der Waals surface area (Å²) in [6.07, 6.45) is 2.14. The summed E-state index contributed by atoms with van der Waals surface area (Å²) in [7, 11) is 0. The first-order chi connectivity index (χ1) is 9.13. The van der Waals surface area contributed by atoms with Crippen molar-refractivity contribution in [2.45, 2.75) is 32.7 Å². The van der Waals surface area contributed by atoms with E-state index in [0.29, 0.717) is 23.4 Å². The number of nitrogens with zero attached hydrogens (tertiary/aromatic N) is 4. The van der Waals surface area contributed by atoms with Crippen LogP contribution in [0.25, 0.3) is 11.6 Å². The quantitative estimate of drug-likeness (QED) is 0.838. The lowest BCUT2D eigenvalue weighted by Crippen LogP contribution is -2.43. The van der Waals surface area contributed by atoms with Gasteiger partial charge in [-0.2, -0.15) is 4.98 Å². The van der Waals surface area contributed by atoms with Crippen LogP contribution in [0.2, 0.25) is 0 Å². The van der Waals surface area contributed by atoms with Gasteiger partial charge < -0.3 is 15.1 Å². The molecule has 3 N–H and O–H groups in total. The Morgan fingerprint density at radius 2 is 2.21 bits per heavy atom. The third-order valence-corrected chi connectivity index (χ3v) is 3.33. The lowest BCUT2D eigenvalue weighted by Gasteiger charge is -2.29. The van der Waals surface area contributed by atoms with Gasteiger partial charge in [-0.15, -0.1) is 5.10 Å². The van der Waals surface area contributed by atoms with Gasteiger partial charge in [0.1, 0.15) is 0 Å². The van der Waals surface area contributed by atoms with E-state index in [1.54, 1.807) is 0 Å². The van der Waals surface area contributed by atoms with Crippen molar-refractivity contribution >= 4 is 5.95 Å². The maximum atomic E-state index is 5.97. The van der Waals surface area contributed by atoms with Gasteiger partial charge in [0, 0.05) is 26.1 Å². The Kier molecular flexibility index (Phi) is 2.98. The molecular weight excluding hydrogens is 244 g/mol. The number of hydrogen-bond donors (Lipinski definition) is 2. The van der Waals surface area contributed by atoms with Gasteiger partial charge in [0.05, 0.1) is 5.69 Å². The molecule has 0 saturated carbocycles. The molecule has 3 rings (SSSR count). The van der Waals surface area contributed by atoms with Crippen molar-refractivity contribution in [3.8, 4) is 11.6 Å². The lowest BCUT2D eigenvalue weighted by atomic mass is 10.1. The smallest absolute Gasteiger partial charge is 0.245 e.